The van der Waals surface area contributed by atoms with Crippen LogP contribution in [0.25, 0.3) is 11.2 Å². The van der Waals surface area contributed by atoms with E-state index in [1.807, 2.05) is 30.8 Å². The Kier molecular flexibility index (Phi) is 3.44. The largest absolute Gasteiger partial charge is 0.308 e. The number of pyridine rings is 1. The molecule has 0 atom stereocenters. The number of alkyl halides is 1. The Morgan fingerprint density at radius 3 is 2.70 bits per heavy atom. The van der Waals surface area contributed by atoms with Gasteiger partial charge in [0.15, 0.2) is 5.65 Å². The molecule has 5 nitrogen and oxygen atoms in total. The highest BCUT2D eigenvalue weighted by Gasteiger charge is 2.17. The lowest BCUT2D eigenvalue weighted by atomic mass is 10.2. The van der Waals surface area contributed by atoms with Crippen molar-refractivity contribution in [2.45, 2.75) is 19.9 Å². The Balaban J connectivity index is 2.13. The second-order valence-corrected chi connectivity index (χ2v) is 5.17. The summed E-state index contributed by atoms with van der Waals surface area (Å²) in [4.78, 5) is 8.75. The van der Waals surface area contributed by atoms with Crippen LogP contribution in [0.2, 0.25) is 0 Å². The summed E-state index contributed by atoms with van der Waals surface area (Å²) in [6.45, 7) is 2.74. The second kappa shape index (κ2) is 5.25. The Labute approximate surface area is 122 Å². The number of nitrogens with zero attached hydrogens (tertiary/aromatic N) is 5. The molecule has 3 aromatic heterocycles. The highest BCUT2D eigenvalue weighted by molar-refractivity contribution is 6.17. The van der Waals surface area contributed by atoms with Gasteiger partial charge in [0.1, 0.15) is 11.3 Å². The molecule has 0 aromatic carbocycles. The Bertz CT molecular complexity index is 729. The molecule has 3 rings (SSSR count). The van der Waals surface area contributed by atoms with E-state index in [1.165, 1.54) is 5.56 Å². The molecule has 0 saturated heterocycles. The highest BCUT2D eigenvalue weighted by Crippen LogP contribution is 2.20. The van der Waals surface area contributed by atoms with E-state index in [2.05, 4.69) is 14.6 Å². The molecule has 0 fully saturated rings. The van der Waals surface area contributed by atoms with E-state index < -0.39 is 0 Å². The molecule has 0 aliphatic rings. The van der Waals surface area contributed by atoms with E-state index in [4.69, 9.17) is 16.6 Å². The van der Waals surface area contributed by atoms with Crippen LogP contribution in [-0.2, 0) is 20.0 Å². The fraction of sp³-hybridized carbons (Fsp3) is 0.357. The zero-order valence-corrected chi connectivity index (χ0v) is 12.3. The normalized spacial score (nSPS) is 11.3. The third kappa shape index (κ3) is 2.18. The van der Waals surface area contributed by atoms with Crippen molar-refractivity contribution in [2.24, 2.45) is 7.05 Å². The van der Waals surface area contributed by atoms with Crippen molar-refractivity contribution < 1.29 is 0 Å². The van der Waals surface area contributed by atoms with Crippen molar-refractivity contribution in [3.63, 3.8) is 0 Å². The maximum atomic E-state index is 5.90. The minimum absolute atomic E-state index is 0.562. The number of halogens is 1. The molecule has 0 aliphatic carbocycles. The van der Waals surface area contributed by atoms with E-state index in [0.717, 1.165) is 35.6 Å². The predicted molar refractivity (Wildman–Crippen MR) is 79.0 cm³/mol. The van der Waals surface area contributed by atoms with Crippen molar-refractivity contribution in [1.29, 1.82) is 0 Å². The first-order chi connectivity index (χ1) is 9.70. The molecule has 0 radical (unpaired) electrons. The summed E-state index contributed by atoms with van der Waals surface area (Å²) in [5, 5.41) is 4.44. The van der Waals surface area contributed by atoms with Gasteiger partial charge in [-0.15, -0.1) is 11.6 Å². The van der Waals surface area contributed by atoms with Crippen LogP contribution in [0, 0.1) is 6.92 Å². The molecule has 0 amide bonds. The molecule has 3 heterocycles. The number of aryl methyl sites for hydroxylation is 3. The van der Waals surface area contributed by atoms with Crippen molar-refractivity contribution in [3.05, 3.63) is 41.6 Å². The standard InChI is InChI=1S/C14H16ClN5/c1-10-13-14(19(2)18-10)20(12(17-13)3-6-15)9-11-4-7-16-8-5-11/h4-5,7-8H,3,6,9H2,1-2H3. The van der Waals surface area contributed by atoms with Gasteiger partial charge in [0.25, 0.3) is 0 Å². The Hall–Kier alpha value is -1.88. The number of rotatable bonds is 4. The average molecular weight is 290 g/mol. The summed E-state index contributed by atoms with van der Waals surface area (Å²) in [5.74, 6) is 1.56. The van der Waals surface area contributed by atoms with E-state index in [0.29, 0.717) is 5.88 Å². The minimum atomic E-state index is 0.562. The summed E-state index contributed by atoms with van der Waals surface area (Å²) < 4.78 is 4.07. The number of imidazole rings is 1. The first-order valence-corrected chi connectivity index (χ1v) is 7.07. The third-order valence-electron chi connectivity index (χ3n) is 3.38. The molecule has 0 saturated carbocycles. The van der Waals surface area contributed by atoms with E-state index in [1.54, 1.807) is 12.4 Å². The molecular weight excluding hydrogens is 274 g/mol. The summed E-state index contributed by atoms with van der Waals surface area (Å²) >= 11 is 5.90. The molecule has 0 N–H and O–H groups in total. The molecular formula is C14H16ClN5. The van der Waals surface area contributed by atoms with Crippen LogP contribution in [0.15, 0.2) is 24.5 Å². The van der Waals surface area contributed by atoms with E-state index in [-0.39, 0.29) is 0 Å². The molecule has 20 heavy (non-hydrogen) atoms. The van der Waals surface area contributed by atoms with Gasteiger partial charge in [0.2, 0.25) is 0 Å². The second-order valence-electron chi connectivity index (χ2n) is 4.79. The molecule has 0 spiro atoms. The maximum absolute atomic E-state index is 5.90. The number of fused-ring (bicyclic) bond motifs is 1. The minimum Gasteiger partial charge on any atom is -0.308 e. The monoisotopic (exact) mass is 289 g/mol. The molecule has 0 aliphatic heterocycles. The quantitative estimate of drug-likeness (QED) is 0.693. The predicted octanol–water partition coefficient (Wildman–Crippen LogP) is 2.30. The summed E-state index contributed by atoms with van der Waals surface area (Å²) in [5.41, 5.74) is 4.14. The van der Waals surface area contributed by atoms with Crippen molar-refractivity contribution >= 4 is 22.8 Å². The SMILES string of the molecule is Cc1nn(C)c2c1nc(CCCl)n2Cc1ccncc1. The summed E-state index contributed by atoms with van der Waals surface area (Å²) in [6, 6.07) is 4.03. The van der Waals surface area contributed by atoms with Gasteiger partial charge in [-0.25, -0.2) is 4.98 Å². The highest BCUT2D eigenvalue weighted by atomic mass is 35.5. The molecule has 104 valence electrons. The molecule has 0 bridgehead atoms. The van der Waals surface area contributed by atoms with Gasteiger partial charge in [-0.3, -0.25) is 9.67 Å². The van der Waals surface area contributed by atoms with Crippen LogP contribution in [0.4, 0.5) is 0 Å². The summed E-state index contributed by atoms with van der Waals surface area (Å²) in [7, 11) is 1.95. The van der Waals surface area contributed by atoms with Gasteiger partial charge >= 0.3 is 0 Å². The first-order valence-electron chi connectivity index (χ1n) is 6.54. The van der Waals surface area contributed by atoms with Gasteiger partial charge in [-0.2, -0.15) is 5.10 Å². The first kappa shape index (κ1) is 13.1. The smallest absolute Gasteiger partial charge is 0.158 e. The van der Waals surface area contributed by atoms with Crippen molar-refractivity contribution in [1.82, 2.24) is 24.3 Å². The van der Waals surface area contributed by atoms with Crippen molar-refractivity contribution in [2.75, 3.05) is 5.88 Å². The zero-order valence-electron chi connectivity index (χ0n) is 11.5. The number of aromatic nitrogens is 5. The lowest BCUT2D eigenvalue weighted by Crippen LogP contribution is -2.09. The van der Waals surface area contributed by atoms with Crippen LogP contribution >= 0.6 is 11.6 Å². The van der Waals surface area contributed by atoms with Crippen molar-refractivity contribution in [3.8, 4) is 0 Å². The fourth-order valence-corrected chi connectivity index (χ4v) is 2.66. The van der Waals surface area contributed by atoms with Gasteiger partial charge in [0.05, 0.1) is 12.2 Å². The Morgan fingerprint density at radius 2 is 2.00 bits per heavy atom. The maximum Gasteiger partial charge on any atom is 0.158 e. The summed E-state index contributed by atoms with van der Waals surface area (Å²) in [6.07, 6.45) is 4.36. The lowest BCUT2D eigenvalue weighted by molar-refractivity contribution is 0.692. The number of hydrogen-bond donors (Lipinski definition) is 0. The van der Waals surface area contributed by atoms with Crippen LogP contribution in [0.3, 0.4) is 0 Å². The van der Waals surface area contributed by atoms with Crippen LogP contribution in [-0.4, -0.2) is 30.2 Å². The fourth-order valence-electron chi connectivity index (χ4n) is 2.49. The van der Waals surface area contributed by atoms with Crippen LogP contribution in [0.1, 0.15) is 17.1 Å². The number of hydrogen-bond acceptors (Lipinski definition) is 3. The van der Waals surface area contributed by atoms with Gasteiger partial charge in [-0.05, 0) is 24.6 Å². The van der Waals surface area contributed by atoms with Gasteiger partial charge in [-0.1, -0.05) is 0 Å². The van der Waals surface area contributed by atoms with Gasteiger partial charge in [0, 0.05) is 31.7 Å². The van der Waals surface area contributed by atoms with Crippen LogP contribution < -0.4 is 0 Å². The third-order valence-corrected chi connectivity index (χ3v) is 3.57. The molecule has 3 aromatic rings. The van der Waals surface area contributed by atoms with Crippen LogP contribution in [0.5, 0.6) is 0 Å². The lowest BCUT2D eigenvalue weighted by Gasteiger charge is -2.09. The molecule has 0 unspecified atom stereocenters. The van der Waals surface area contributed by atoms with Gasteiger partial charge < -0.3 is 4.57 Å². The van der Waals surface area contributed by atoms with E-state index >= 15 is 0 Å². The Morgan fingerprint density at radius 1 is 1.25 bits per heavy atom. The topological polar surface area (TPSA) is 48.5 Å². The average Bonchev–Trinajstić information content (AvgIpc) is 2.92. The zero-order chi connectivity index (χ0) is 14.1. The van der Waals surface area contributed by atoms with E-state index in [9.17, 15) is 0 Å². The molecule has 6 heteroatoms.